The van der Waals surface area contributed by atoms with Gasteiger partial charge in [-0.25, -0.2) is 8.42 Å². The molecule has 0 fully saturated rings. The first kappa shape index (κ1) is 26.6. The molecule has 0 aliphatic heterocycles. The van der Waals surface area contributed by atoms with Crippen molar-refractivity contribution in [2.45, 2.75) is 47.1 Å². The van der Waals surface area contributed by atoms with Crippen LogP contribution in [0.25, 0.3) is 0 Å². The van der Waals surface area contributed by atoms with Crippen LogP contribution in [-0.4, -0.2) is 24.7 Å². The summed E-state index contributed by atoms with van der Waals surface area (Å²) in [5.41, 5.74) is 3.54. The van der Waals surface area contributed by atoms with Crippen molar-refractivity contribution in [2.75, 3.05) is 0 Å². The molecule has 0 aromatic heterocycles. The molecular formula is C31H28O4S2. The van der Waals surface area contributed by atoms with Crippen molar-refractivity contribution in [2.24, 2.45) is 0 Å². The lowest BCUT2D eigenvalue weighted by molar-refractivity contribution is 0.0953. The van der Waals surface area contributed by atoms with Gasteiger partial charge in [-0.1, -0.05) is 65.9 Å². The second kappa shape index (κ2) is 10.5. The van der Waals surface area contributed by atoms with Crippen LogP contribution in [0.15, 0.2) is 112 Å². The fraction of sp³-hybridized carbons (Fsp3) is 0.161. The van der Waals surface area contributed by atoms with Crippen molar-refractivity contribution in [1.82, 2.24) is 0 Å². The minimum Gasteiger partial charge on any atom is -0.292 e. The lowest BCUT2D eigenvalue weighted by Gasteiger charge is -2.23. The second-order valence-electron chi connectivity index (χ2n) is 9.45. The van der Waals surface area contributed by atoms with Gasteiger partial charge in [-0.3, -0.25) is 9.59 Å². The highest BCUT2D eigenvalue weighted by Crippen LogP contribution is 2.32. The van der Waals surface area contributed by atoms with Crippen LogP contribution in [0, 0.1) is 13.8 Å². The minimum atomic E-state index is -3.88. The Hall–Kier alpha value is -3.48. The average molecular weight is 529 g/mol. The smallest absolute Gasteiger partial charge is 0.193 e. The Morgan fingerprint density at radius 3 is 1.73 bits per heavy atom. The molecule has 0 unspecified atom stereocenters. The lowest BCUT2D eigenvalue weighted by Crippen LogP contribution is -2.40. The van der Waals surface area contributed by atoms with Crippen LogP contribution < -0.4 is 0 Å². The molecule has 6 heteroatoms. The molecule has 0 spiro atoms. The first-order valence-corrected chi connectivity index (χ1v) is 14.1. The minimum absolute atomic E-state index is 0.0132. The standard InChI is InChI=1S/C31H28O4S2/c1-21-9-19-27(20-10-21)37(34,35)31(3,4)30(33)24-13-17-26(18-14-24)36-25-15-11-23(12-16-25)29(32)28-8-6-5-7-22(28)2/h5-20H,1-4H3. The molecule has 0 heterocycles. The number of hydrogen-bond acceptors (Lipinski definition) is 5. The summed E-state index contributed by atoms with van der Waals surface area (Å²) in [4.78, 5) is 28.0. The fourth-order valence-electron chi connectivity index (χ4n) is 3.95. The molecule has 0 aliphatic rings. The molecule has 0 N–H and O–H groups in total. The number of hydrogen-bond donors (Lipinski definition) is 0. The number of rotatable bonds is 8. The van der Waals surface area contributed by atoms with E-state index in [4.69, 9.17) is 0 Å². The van der Waals surface area contributed by atoms with E-state index in [2.05, 4.69) is 0 Å². The van der Waals surface area contributed by atoms with Gasteiger partial charge in [-0.2, -0.15) is 0 Å². The van der Waals surface area contributed by atoms with Gasteiger partial charge in [-0.05, 0) is 81.8 Å². The van der Waals surface area contributed by atoms with Gasteiger partial charge in [0.2, 0.25) is 0 Å². The van der Waals surface area contributed by atoms with Gasteiger partial charge in [0.05, 0.1) is 4.90 Å². The monoisotopic (exact) mass is 528 g/mol. The molecule has 0 aliphatic carbocycles. The third-order valence-electron chi connectivity index (χ3n) is 6.41. The summed E-state index contributed by atoms with van der Waals surface area (Å²) in [7, 11) is -3.88. The Morgan fingerprint density at radius 2 is 1.19 bits per heavy atom. The van der Waals surface area contributed by atoms with Crippen molar-refractivity contribution >= 4 is 33.2 Å². The van der Waals surface area contributed by atoms with Crippen molar-refractivity contribution in [3.8, 4) is 0 Å². The van der Waals surface area contributed by atoms with Gasteiger partial charge in [0.1, 0.15) is 4.75 Å². The van der Waals surface area contributed by atoms with Crippen molar-refractivity contribution in [1.29, 1.82) is 0 Å². The first-order valence-electron chi connectivity index (χ1n) is 11.8. The summed E-state index contributed by atoms with van der Waals surface area (Å²) < 4.78 is 24.8. The van der Waals surface area contributed by atoms with Gasteiger partial charge < -0.3 is 0 Å². The predicted molar refractivity (Wildman–Crippen MR) is 148 cm³/mol. The zero-order chi connectivity index (χ0) is 26.8. The van der Waals surface area contributed by atoms with Gasteiger partial charge in [0.25, 0.3) is 0 Å². The summed E-state index contributed by atoms with van der Waals surface area (Å²) >= 11 is 1.50. The number of benzene rings is 4. The molecule has 0 saturated carbocycles. The quantitative estimate of drug-likeness (QED) is 0.228. The van der Waals surface area contributed by atoms with Gasteiger partial charge in [0.15, 0.2) is 21.4 Å². The van der Waals surface area contributed by atoms with Crippen LogP contribution in [0.2, 0.25) is 0 Å². The molecule has 0 saturated heterocycles. The molecule has 4 rings (SSSR count). The largest absolute Gasteiger partial charge is 0.292 e. The van der Waals surface area contributed by atoms with Crippen LogP contribution in [0.5, 0.6) is 0 Å². The molecule has 0 amide bonds. The van der Waals surface area contributed by atoms with E-state index in [-0.39, 0.29) is 10.7 Å². The first-order chi connectivity index (χ1) is 17.5. The number of aryl methyl sites for hydroxylation is 2. The maximum absolute atomic E-state index is 13.2. The maximum atomic E-state index is 13.2. The summed E-state index contributed by atoms with van der Waals surface area (Å²) in [6, 6.07) is 28.4. The number of Topliss-reactive ketones (excluding diaryl/α,β-unsaturated/α-hetero) is 1. The van der Waals surface area contributed by atoms with Crippen LogP contribution in [-0.2, 0) is 9.84 Å². The van der Waals surface area contributed by atoms with Crippen LogP contribution in [0.4, 0.5) is 0 Å². The Morgan fingerprint density at radius 1 is 0.676 bits per heavy atom. The van der Waals surface area contributed by atoms with E-state index < -0.39 is 20.4 Å². The second-order valence-corrected chi connectivity index (χ2v) is 13.1. The van der Waals surface area contributed by atoms with E-state index in [9.17, 15) is 18.0 Å². The van der Waals surface area contributed by atoms with Crippen molar-refractivity contribution in [3.05, 3.63) is 125 Å². The molecule has 4 nitrogen and oxygen atoms in total. The lowest BCUT2D eigenvalue weighted by atomic mass is 9.99. The van der Waals surface area contributed by atoms with Crippen LogP contribution in [0.3, 0.4) is 0 Å². The van der Waals surface area contributed by atoms with Gasteiger partial charge >= 0.3 is 0 Å². The molecule has 0 bridgehead atoms. The number of carbonyl (C=O) groups excluding carboxylic acids is 2. The average Bonchev–Trinajstić information content (AvgIpc) is 2.89. The number of sulfone groups is 1. The third kappa shape index (κ3) is 5.45. The maximum Gasteiger partial charge on any atom is 0.193 e. The highest BCUT2D eigenvalue weighted by atomic mass is 32.2. The fourth-order valence-corrected chi connectivity index (χ4v) is 6.21. The Bertz CT molecular complexity index is 1550. The van der Waals surface area contributed by atoms with E-state index >= 15 is 0 Å². The van der Waals surface area contributed by atoms with E-state index in [1.54, 1.807) is 48.5 Å². The summed E-state index contributed by atoms with van der Waals surface area (Å²) in [5.74, 6) is -0.468. The van der Waals surface area contributed by atoms with E-state index in [0.29, 0.717) is 16.7 Å². The number of ketones is 2. The van der Waals surface area contributed by atoms with E-state index in [0.717, 1.165) is 20.9 Å². The summed E-state index contributed by atoms with van der Waals surface area (Å²) in [5, 5.41) is 0. The zero-order valence-corrected chi connectivity index (χ0v) is 22.8. The molecule has 0 radical (unpaired) electrons. The molecule has 37 heavy (non-hydrogen) atoms. The van der Waals surface area contributed by atoms with Gasteiger partial charge in [-0.15, -0.1) is 0 Å². The third-order valence-corrected chi connectivity index (χ3v) is 9.85. The molecule has 188 valence electrons. The normalized spacial score (nSPS) is 11.8. The van der Waals surface area contributed by atoms with Crippen LogP contribution in [0.1, 0.15) is 51.3 Å². The highest BCUT2D eigenvalue weighted by molar-refractivity contribution is 7.99. The zero-order valence-electron chi connectivity index (χ0n) is 21.2. The van der Waals surface area contributed by atoms with Gasteiger partial charge in [0, 0.05) is 26.5 Å². The van der Waals surface area contributed by atoms with E-state index in [1.165, 1.54) is 25.6 Å². The van der Waals surface area contributed by atoms with Crippen LogP contribution >= 0.6 is 11.8 Å². The summed E-state index contributed by atoms with van der Waals surface area (Å²) in [6.45, 7) is 6.70. The number of carbonyl (C=O) groups is 2. The van der Waals surface area contributed by atoms with Crippen molar-refractivity contribution < 1.29 is 18.0 Å². The Labute approximate surface area is 222 Å². The Kier molecular flexibility index (Phi) is 7.53. The predicted octanol–water partition coefficient (Wildman–Crippen LogP) is 7.12. The SMILES string of the molecule is Cc1ccc(S(=O)(=O)C(C)(C)C(=O)c2ccc(Sc3ccc(C(=O)c4ccccc4C)cc3)cc2)cc1. The highest BCUT2D eigenvalue weighted by Gasteiger charge is 2.43. The Balaban J connectivity index is 1.48. The topological polar surface area (TPSA) is 68.3 Å². The summed E-state index contributed by atoms with van der Waals surface area (Å²) in [6.07, 6.45) is 0. The molecule has 4 aromatic rings. The molecule has 0 atom stereocenters. The van der Waals surface area contributed by atoms with Crippen molar-refractivity contribution in [3.63, 3.8) is 0 Å². The van der Waals surface area contributed by atoms with E-state index in [1.807, 2.05) is 62.4 Å². The molecule has 4 aromatic carbocycles. The molecular weight excluding hydrogens is 500 g/mol.